The van der Waals surface area contributed by atoms with Crippen LogP contribution in [-0.4, -0.2) is 50.9 Å². The second-order valence-electron chi connectivity index (χ2n) is 5.95. The first-order valence-corrected chi connectivity index (χ1v) is 7.81. The van der Waals surface area contributed by atoms with Crippen LogP contribution in [0, 0.1) is 6.92 Å². The van der Waals surface area contributed by atoms with E-state index < -0.39 is 0 Å². The minimum atomic E-state index is 0.275. The first-order chi connectivity index (χ1) is 10.1. The van der Waals surface area contributed by atoms with Crippen molar-refractivity contribution in [1.82, 2.24) is 10.2 Å². The van der Waals surface area contributed by atoms with Crippen molar-refractivity contribution < 1.29 is 9.47 Å². The van der Waals surface area contributed by atoms with Gasteiger partial charge in [0.15, 0.2) is 0 Å². The number of aryl methyl sites for hydroxylation is 1. The van der Waals surface area contributed by atoms with Crippen LogP contribution < -0.4 is 10.1 Å². The van der Waals surface area contributed by atoms with Gasteiger partial charge in [-0.3, -0.25) is 4.90 Å². The monoisotopic (exact) mass is 292 g/mol. The summed E-state index contributed by atoms with van der Waals surface area (Å²) in [6, 6.07) is 7.11. The quantitative estimate of drug-likeness (QED) is 0.873. The summed E-state index contributed by atoms with van der Waals surface area (Å²) in [5.41, 5.74) is 2.45. The fourth-order valence-electron chi connectivity index (χ4n) is 2.92. The van der Waals surface area contributed by atoms with Gasteiger partial charge < -0.3 is 14.8 Å². The Morgan fingerprint density at radius 1 is 1.29 bits per heavy atom. The highest BCUT2D eigenvalue weighted by Crippen LogP contribution is 2.26. The average Bonchev–Trinajstić information content (AvgIpc) is 2.47. The number of rotatable bonds is 6. The lowest BCUT2D eigenvalue weighted by atomic mass is 10.0. The van der Waals surface area contributed by atoms with E-state index in [1.54, 1.807) is 7.11 Å². The summed E-state index contributed by atoms with van der Waals surface area (Å²) < 4.78 is 10.9. The van der Waals surface area contributed by atoms with Gasteiger partial charge in [-0.2, -0.15) is 0 Å². The SMILES string of the molecule is COc1cc(C)ccc1C(C)NC(C)CN1CCOCC1. The number of hydrogen-bond donors (Lipinski definition) is 1. The Bertz CT molecular complexity index is 444. The number of morpholine rings is 1. The zero-order valence-electron chi connectivity index (χ0n) is 13.7. The van der Waals surface area contributed by atoms with Crippen LogP contribution in [0.1, 0.15) is 31.0 Å². The predicted molar refractivity (Wildman–Crippen MR) is 86.0 cm³/mol. The van der Waals surface area contributed by atoms with Gasteiger partial charge in [0.25, 0.3) is 0 Å². The van der Waals surface area contributed by atoms with Crippen molar-refractivity contribution in [2.45, 2.75) is 32.9 Å². The Kier molecular flexibility index (Phi) is 6.03. The van der Waals surface area contributed by atoms with Gasteiger partial charge in [-0.15, -0.1) is 0 Å². The number of hydrogen-bond acceptors (Lipinski definition) is 4. The molecule has 4 nitrogen and oxygen atoms in total. The van der Waals surface area contributed by atoms with Crippen LogP contribution in [0.25, 0.3) is 0 Å². The molecule has 2 rings (SSSR count). The molecule has 4 heteroatoms. The van der Waals surface area contributed by atoms with Gasteiger partial charge in [0, 0.05) is 37.3 Å². The summed E-state index contributed by atoms with van der Waals surface area (Å²) in [4.78, 5) is 2.46. The van der Waals surface area contributed by atoms with Crippen LogP contribution in [0.5, 0.6) is 5.75 Å². The number of nitrogens with zero attached hydrogens (tertiary/aromatic N) is 1. The summed E-state index contributed by atoms with van der Waals surface area (Å²) in [6.45, 7) is 11.4. The van der Waals surface area contributed by atoms with Crippen molar-refractivity contribution in [2.75, 3.05) is 40.0 Å². The zero-order chi connectivity index (χ0) is 15.2. The molecule has 1 saturated heterocycles. The minimum absolute atomic E-state index is 0.275. The van der Waals surface area contributed by atoms with Crippen LogP contribution in [0.4, 0.5) is 0 Å². The molecule has 1 aliphatic rings. The van der Waals surface area contributed by atoms with E-state index in [4.69, 9.17) is 9.47 Å². The van der Waals surface area contributed by atoms with Crippen molar-refractivity contribution in [1.29, 1.82) is 0 Å². The molecule has 1 heterocycles. The summed E-state index contributed by atoms with van der Waals surface area (Å²) >= 11 is 0. The first-order valence-electron chi connectivity index (χ1n) is 7.81. The summed E-state index contributed by atoms with van der Waals surface area (Å²) in [5.74, 6) is 0.966. The molecule has 0 spiro atoms. The van der Waals surface area contributed by atoms with Crippen molar-refractivity contribution in [3.63, 3.8) is 0 Å². The average molecular weight is 292 g/mol. The maximum absolute atomic E-state index is 5.51. The summed E-state index contributed by atoms with van der Waals surface area (Å²) in [5, 5.41) is 3.68. The molecule has 1 N–H and O–H groups in total. The van der Waals surface area contributed by atoms with Gasteiger partial charge in [-0.25, -0.2) is 0 Å². The molecule has 0 radical (unpaired) electrons. The minimum Gasteiger partial charge on any atom is -0.496 e. The van der Waals surface area contributed by atoms with Gasteiger partial charge in [-0.1, -0.05) is 12.1 Å². The molecular formula is C17H28N2O2. The molecule has 0 bridgehead atoms. The van der Waals surface area contributed by atoms with E-state index in [-0.39, 0.29) is 6.04 Å². The molecule has 0 aromatic heterocycles. The maximum Gasteiger partial charge on any atom is 0.123 e. The Hall–Kier alpha value is -1.10. The second kappa shape index (κ2) is 7.78. The largest absolute Gasteiger partial charge is 0.496 e. The topological polar surface area (TPSA) is 33.7 Å². The lowest BCUT2D eigenvalue weighted by molar-refractivity contribution is 0.0339. The summed E-state index contributed by atoms with van der Waals surface area (Å²) in [6.07, 6.45) is 0. The Labute approximate surface area is 128 Å². The van der Waals surface area contributed by atoms with Gasteiger partial charge in [0.2, 0.25) is 0 Å². The van der Waals surface area contributed by atoms with Gasteiger partial charge in [0.1, 0.15) is 5.75 Å². The molecule has 1 fully saturated rings. The van der Waals surface area contributed by atoms with E-state index >= 15 is 0 Å². The standard InChI is InChI=1S/C17H28N2O2/c1-13-5-6-16(17(11-13)20-4)15(3)18-14(2)12-19-7-9-21-10-8-19/h5-6,11,14-15,18H,7-10,12H2,1-4H3. The van der Waals surface area contributed by atoms with E-state index in [9.17, 15) is 0 Å². The van der Waals surface area contributed by atoms with Crippen molar-refractivity contribution >= 4 is 0 Å². The Morgan fingerprint density at radius 2 is 2.00 bits per heavy atom. The molecule has 1 aromatic carbocycles. The van der Waals surface area contributed by atoms with Gasteiger partial charge in [-0.05, 0) is 32.4 Å². The van der Waals surface area contributed by atoms with E-state index in [1.807, 2.05) is 0 Å². The number of methoxy groups -OCH3 is 1. The molecular weight excluding hydrogens is 264 g/mol. The smallest absolute Gasteiger partial charge is 0.123 e. The molecule has 118 valence electrons. The molecule has 1 aromatic rings. The van der Waals surface area contributed by atoms with Crippen LogP contribution in [0.2, 0.25) is 0 Å². The molecule has 0 aliphatic carbocycles. The van der Waals surface area contributed by atoms with Crippen LogP contribution in [0.3, 0.4) is 0 Å². The highest BCUT2D eigenvalue weighted by atomic mass is 16.5. The van der Waals surface area contributed by atoms with E-state index in [0.29, 0.717) is 6.04 Å². The number of ether oxygens (including phenoxy) is 2. The normalized spacial score (nSPS) is 19.2. The lowest BCUT2D eigenvalue weighted by Crippen LogP contribution is -2.45. The fraction of sp³-hybridized carbons (Fsp3) is 0.647. The van der Waals surface area contributed by atoms with Crippen molar-refractivity contribution in [2.24, 2.45) is 0 Å². The lowest BCUT2D eigenvalue weighted by Gasteiger charge is -2.31. The second-order valence-corrected chi connectivity index (χ2v) is 5.95. The van der Waals surface area contributed by atoms with E-state index in [1.165, 1.54) is 11.1 Å². The molecule has 21 heavy (non-hydrogen) atoms. The molecule has 2 atom stereocenters. The van der Waals surface area contributed by atoms with Gasteiger partial charge in [0.05, 0.1) is 20.3 Å². The number of nitrogens with one attached hydrogen (secondary N) is 1. The third-order valence-electron chi connectivity index (χ3n) is 4.03. The van der Waals surface area contributed by atoms with E-state index in [0.717, 1.165) is 38.6 Å². The molecule has 2 unspecified atom stereocenters. The van der Waals surface area contributed by atoms with Crippen LogP contribution in [0.15, 0.2) is 18.2 Å². The predicted octanol–water partition coefficient (Wildman–Crippen LogP) is 2.37. The number of benzene rings is 1. The van der Waals surface area contributed by atoms with Crippen LogP contribution in [-0.2, 0) is 4.74 Å². The molecule has 0 saturated carbocycles. The maximum atomic E-state index is 5.51. The van der Waals surface area contributed by atoms with Gasteiger partial charge >= 0.3 is 0 Å². The van der Waals surface area contributed by atoms with Crippen molar-refractivity contribution in [3.05, 3.63) is 29.3 Å². The fourth-order valence-corrected chi connectivity index (χ4v) is 2.92. The molecule has 0 amide bonds. The van der Waals surface area contributed by atoms with Crippen LogP contribution >= 0.6 is 0 Å². The van der Waals surface area contributed by atoms with E-state index in [2.05, 4.69) is 49.2 Å². The molecule has 1 aliphatic heterocycles. The first kappa shape index (κ1) is 16.3. The Morgan fingerprint density at radius 3 is 2.67 bits per heavy atom. The third-order valence-corrected chi connectivity index (χ3v) is 4.03. The Balaban J connectivity index is 1.92. The summed E-state index contributed by atoms with van der Waals surface area (Å²) in [7, 11) is 1.74. The highest BCUT2D eigenvalue weighted by molar-refractivity contribution is 5.39. The zero-order valence-corrected chi connectivity index (χ0v) is 13.7. The highest BCUT2D eigenvalue weighted by Gasteiger charge is 2.17. The van der Waals surface area contributed by atoms with Crippen molar-refractivity contribution in [3.8, 4) is 5.75 Å². The third kappa shape index (κ3) is 4.70.